The van der Waals surface area contributed by atoms with Gasteiger partial charge < -0.3 is 29.7 Å². The number of pyridine rings is 1. The fraction of sp³-hybridized carbons (Fsp3) is 0.448. The highest BCUT2D eigenvalue weighted by atomic mass is 19.3. The van der Waals surface area contributed by atoms with E-state index in [1.165, 1.54) is 12.4 Å². The number of carbonyl (C=O) groups is 1. The molecule has 2 saturated heterocycles. The molecule has 1 unspecified atom stereocenters. The second-order valence-electron chi connectivity index (χ2n) is 11.1. The fourth-order valence-electron chi connectivity index (χ4n) is 5.51. The van der Waals surface area contributed by atoms with E-state index in [-0.39, 0.29) is 35.2 Å². The molecule has 10 nitrogen and oxygen atoms in total. The Bertz CT molecular complexity index is 1540. The Hall–Kier alpha value is -4.04. The molecule has 0 radical (unpaired) electrons. The first-order valence-corrected chi connectivity index (χ1v) is 13.9. The molecule has 4 heterocycles. The highest BCUT2D eigenvalue weighted by Gasteiger charge is 2.30. The summed E-state index contributed by atoms with van der Waals surface area (Å²) >= 11 is 0. The number of nitrogens with one attached hydrogen (secondary N) is 2. The summed E-state index contributed by atoms with van der Waals surface area (Å²) < 4.78 is 65.2. The summed E-state index contributed by atoms with van der Waals surface area (Å²) in [4.78, 5) is 41.5. The molecule has 3 atom stereocenters. The molecular formula is C29H33F4N7O3. The lowest BCUT2D eigenvalue weighted by atomic mass is 10.0. The van der Waals surface area contributed by atoms with Crippen molar-refractivity contribution in [1.29, 1.82) is 0 Å². The number of alkyl halides is 2. The Morgan fingerprint density at radius 2 is 1.72 bits per heavy atom. The maximum atomic E-state index is 16.4. The second kappa shape index (κ2) is 12.3. The van der Waals surface area contributed by atoms with Gasteiger partial charge in [-0.2, -0.15) is 0 Å². The van der Waals surface area contributed by atoms with Gasteiger partial charge in [-0.05, 0) is 27.8 Å². The number of morpholine rings is 1. The zero-order valence-corrected chi connectivity index (χ0v) is 24.2. The van der Waals surface area contributed by atoms with Crippen LogP contribution in [0.1, 0.15) is 43.1 Å². The zero-order chi connectivity index (χ0) is 31.0. The quantitative estimate of drug-likeness (QED) is 0.407. The number of hydrogen-bond donors (Lipinski definition) is 2. The number of carbonyl (C=O) groups excluding carboxylic acids is 1. The van der Waals surface area contributed by atoms with Gasteiger partial charge >= 0.3 is 0 Å². The summed E-state index contributed by atoms with van der Waals surface area (Å²) in [5.74, 6) is -2.73. The third-order valence-electron chi connectivity index (χ3n) is 7.80. The van der Waals surface area contributed by atoms with E-state index >= 15 is 8.78 Å². The number of aromatic amines is 1. The number of rotatable bonds is 6. The first-order chi connectivity index (χ1) is 20.4. The van der Waals surface area contributed by atoms with Gasteiger partial charge in [-0.3, -0.25) is 9.59 Å². The average Bonchev–Trinajstić information content (AvgIpc) is 2.95. The molecule has 5 rings (SSSR count). The Morgan fingerprint density at radius 3 is 2.35 bits per heavy atom. The first-order valence-electron chi connectivity index (χ1n) is 13.9. The number of likely N-dealkylation sites (N-methyl/N-ethyl adjacent to an activating group) is 1. The smallest absolute Gasteiger partial charge is 0.264 e. The van der Waals surface area contributed by atoms with Gasteiger partial charge in [-0.25, -0.2) is 27.5 Å². The highest BCUT2D eigenvalue weighted by Crippen LogP contribution is 2.39. The van der Waals surface area contributed by atoms with Crippen LogP contribution in [0.2, 0.25) is 0 Å². The van der Waals surface area contributed by atoms with Crippen molar-refractivity contribution in [3.8, 4) is 11.1 Å². The molecule has 2 N–H and O–H groups in total. The maximum absolute atomic E-state index is 16.4. The van der Waals surface area contributed by atoms with Crippen LogP contribution >= 0.6 is 0 Å². The third kappa shape index (κ3) is 6.34. The fourth-order valence-corrected chi connectivity index (χ4v) is 5.51. The van der Waals surface area contributed by atoms with Crippen LogP contribution in [0.4, 0.5) is 34.9 Å². The van der Waals surface area contributed by atoms with Crippen molar-refractivity contribution in [1.82, 2.24) is 19.9 Å². The van der Waals surface area contributed by atoms with Crippen LogP contribution in [0, 0.1) is 11.6 Å². The Morgan fingerprint density at radius 1 is 1.05 bits per heavy atom. The first kappa shape index (κ1) is 30.4. The van der Waals surface area contributed by atoms with Gasteiger partial charge in [0.15, 0.2) is 5.82 Å². The normalized spacial score (nSPS) is 21.4. The number of piperazine rings is 1. The molecule has 2 aliphatic rings. The molecule has 3 aromatic rings. The standard InChI is InChI=1S/C29H33F4N7O3/c1-15-12-39(6-5-38(15)4)22-8-21(30)24(18-9-35-29(36-10-18)40-13-16(2)43-17(3)14-40)25(31)26(22)37-28(42)20-11-34-23(41)7-19(20)27(32)33/h7-11,15-17,27H,5-6,12-14H2,1-4H3,(H,34,41)(H,37,42)/t15?,16-,17-/m0/s1. The molecule has 0 saturated carbocycles. The van der Waals surface area contributed by atoms with Crippen LogP contribution in [-0.2, 0) is 4.74 Å². The van der Waals surface area contributed by atoms with E-state index in [2.05, 4.69) is 25.2 Å². The summed E-state index contributed by atoms with van der Waals surface area (Å²) in [6.45, 7) is 8.29. The molecular weight excluding hydrogens is 570 g/mol. The lowest BCUT2D eigenvalue weighted by Crippen LogP contribution is -2.50. The van der Waals surface area contributed by atoms with Crippen LogP contribution in [0.3, 0.4) is 0 Å². The number of hydrogen-bond acceptors (Lipinski definition) is 8. The van der Waals surface area contributed by atoms with Crippen molar-refractivity contribution in [2.75, 3.05) is 54.9 Å². The topological polar surface area (TPSA) is 107 Å². The van der Waals surface area contributed by atoms with Crippen molar-refractivity contribution < 1.29 is 27.1 Å². The number of benzene rings is 1. The van der Waals surface area contributed by atoms with Crippen molar-refractivity contribution >= 4 is 23.2 Å². The van der Waals surface area contributed by atoms with Crippen LogP contribution in [-0.4, -0.2) is 83.8 Å². The molecule has 2 aliphatic heterocycles. The van der Waals surface area contributed by atoms with Crippen LogP contribution in [0.25, 0.3) is 11.1 Å². The molecule has 1 amide bonds. The van der Waals surface area contributed by atoms with Crippen LogP contribution in [0.5, 0.6) is 0 Å². The predicted molar refractivity (Wildman–Crippen MR) is 154 cm³/mol. The summed E-state index contributed by atoms with van der Waals surface area (Å²) in [5.41, 5.74) is -2.95. The molecule has 230 valence electrons. The number of nitrogens with zero attached hydrogens (tertiary/aromatic N) is 5. The molecule has 2 aromatic heterocycles. The van der Waals surface area contributed by atoms with Crippen molar-refractivity contribution in [2.45, 2.75) is 45.4 Å². The van der Waals surface area contributed by atoms with Gasteiger partial charge in [0.1, 0.15) is 11.5 Å². The largest absolute Gasteiger partial charge is 0.372 e. The zero-order valence-electron chi connectivity index (χ0n) is 24.2. The van der Waals surface area contributed by atoms with E-state index in [9.17, 15) is 18.4 Å². The minimum atomic E-state index is -3.14. The minimum absolute atomic E-state index is 0.0270. The lowest BCUT2D eigenvalue weighted by molar-refractivity contribution is -0.00572. The number of ether oxygens (including phenoxy) is 1. The van der Waals surface area contributed by atoms with Gasteiger partial charge in [-0.15, -0.1) is 0 Å². The van der Waals surface area contributed by atoms with E-state index in [1.54, 1.807) is 4.90 Å². The van der Waals surface area contributed by atoms with E-state index in [0.29, 0.717) is 44.7 Å². The molecule has 0 bridgehead atoms. The van der Waals surface area contributed by atoms with Crippen LogP contribution < -0.4 is 20.7 Å². The van der Waals surface area contributed by atoms with Gasteiger partial charge in [0.2, 0.25) is 11.5 Å². The molecule has 14 heteroatoms. The van der Waals surface area contributed by atoms with Gasteiger partial charge in [-0.1, -0.05) is 0 Å². The van der Waals surface area contributed by atoms with Crippen molar-refractivity contribution in [2.24, 2.45) is 0 Å². The molecule has 0 spiro atoms. The second-order valence-corrected chi connectivity index (χ2v) is 11.1. The lowest BCUT2D eigenvalue weighted by Gasteiger charge is -2.39. The number of anilines is 3. The summed E-state index contributed by atoms with van der Waals surface area (Å²) in [6, 6.07) is 1.76. The van der Waals surface area contributed by atoms with E-state index in [1.807, 2.05) is 32.7 Å². The van der Waals surface area contributed by atoms with Crippen LogP contribution in [0.15, 0.2) is 35.5 Å². The number of H-pyrrole nitrogens is 1. The molecule has 0 aliphatic carbocycles. The highest BCUT2D eigenvalue weighted by molar-refractivity contribution is 6.07. The maximum Gasteiger partial charge on any atom is 0.264 e. The van der Waals surface area contributed by atoms with Gasteiger partial charge in [0.25, 0.3) is 12.3 Å². The average molecular weight is 604 g/mol. The van der Waals surface area contributed by atoms with E-state index < -0.39 is 46.2 Å². The number of aromatic nitrogens is 3. The van der Waals surface area contributed by atoms with E-state index in [4.69, 9.17) is 4.74 Å². The number of amides is 1. The van der Waals surface area contributed by atoms with Gasteiger partial charge in [0.05, 0.1) is 29.0 Å². The van der Waals surface area contributed by atoms with Crippen molar-refractivity contribution in [3.63, 3.8) is 0 Å². The predicted octanol–water partition coefficient (Wildman–Crippen LogP) is 4.05. The van der Waals surface area contributed by atoms with Crippen molar-refractivity contribution in [3.05, 3.63) is 63.8 Å². The molecule has 43 heavy (non-hydrogen) atoms. The SMILES string of the molecule is CC1CN(c2cc(F)c(-c3cnc(N4C[C@H](C)O[C@@H](C)C4)nc3)c(F)c2NC(=O)c2c[nH]c(=O)cc2C(F)F)CCN1C. The number of halogens is 4. The Kier molecular flexibility index (Phi) is 8.69. The Balaban J connectivity index is 1.55. The monoisotopic (exact) mass is 603 g/mol. The molecule has 1 aromatic carbocycles. The molecule has 2 fully saturated rings. The summed E-state index contributed by atoms with van der Waals surface area (Å²) in [7, 11) is 1.93. The van der Waals surface area contributed by atoms with Gasteiger partial charge in [0, 0.05) is 80.6 Å². The minimum Gasteiger partial charge on any atom is -0.372 e. The summed E-state index contributed by atoms with van der Waals surface area (Å²) in [5, 5.41) is 2.39. The van der Waals surface area contributed by atoms with E-state index in [0.717, 1.165) is 12.3 Å². The Labute approximate surface area is 245 Å². The third-order valence-corrected chi connectivity index (χ3v) is 7.80. The summed E-state index contributed by atoms with van der Waals surface area (Å²) in [6.07, 6.45) is 0.210.